The predicted octanol–water partition coefficient (Wildman–Crippen LogP) is 3.11. The summed E-state index contributed by atoms with van der Waals surface area (Å²) in [6.45, 7) is 3.64. The number of anilines is 1. The van der Waals surface area contributed by atoms with E-state index in [2.05, 4.69) is 10.2 Å². The summed E-state index contributed by atoms with van der Waals surface area (Å²) in [5.41, 5.74) is 1.68. The lowest BCUT2D eigenvalue weighted by Crippen LogP contribution is -2.34. The average molecular weight is 280 g/mol. The van der Waals surface area contributed by atoms with Crippen molar-refractivity contribution in [1.82, 2.24) is 5.32 Å². The summed E-state index contributed by atoms with van der Waals surface area (Å²) in [6, 6.07) is 5.27. The topological polar surface area (TPSA) is 24.5 Å². The van der Waals surface area contributed by atoms with Gasteiger partial charge in [-0.2, -0.15) is 0 Å². The van der Waals surface area contributed by atoms with Gasteiger partial charge in [0.05, 0.1) is 6.10 Å². The molecule has 0 saturated carbocycles. The highest BCUT2D eigenvalue weighted by molar-refractivity contribution is 5.55. The lowest BCUT2D eigenvalue weighted by molar-refractivity contribution is 0.0216. The molecular formula is C16H25FN2O. The molecule has 1 heterocycles. The molecule has 20 heavy (non-hydrogen) atoms. The first-order valence-electron chi connectivity index (χ1n) is 7.42. The van der Waals surface area contributed by atoms with Crippen molar-refractivity contribution in [3.8, 4) is 0 Å². The Bertz CT molecular complexity index is 432. The Labute approximate surface area is 121 Å². The zero-order valence-corrected chi connectivity index (χ0v) is 12.7. The third-order valence-electron chi connectivity index (χ3n) is 4.06. The molecule has 1 fully saturated rings. The molecule has 0 amide bonds. The van der Waals surface area contributed by atoms with Gasteiger partial charge in [-0.3, -0.25) is 0 Å². The van der Waals surface area contributed by atoms with Crippen LogP contribution in [0.1, 0.15) is 37.8 Å². The standard InChI is InChI=1S/C16H25FN2O/c1-12(18-2)16-14(17)8-6-9-15(16)19(3)11-13-7-4-5-10-20-13/h6,8-9,12-13,18H,4-5,7,10-11H2,1-3H3. The minimum atomic E-state index is -0.152. The van der Waals surface area contributed by atoms with Gasteiger partial charge in [0.25, 0.3) is 0 Å². The van der Waals surface area contributed by atoms with Gasteiger partial charge in [-0.05, 0) is 45.4 Å². The quantitative estimate of drug-likeness (QED) is 0.897. The Morgan fingerprint density at radius 1 is 1.45 bits per heavy atom. The van der Waals surface area contributed by atoms with Gasteiger partial charge in [-0.15, -0.1) is 0 Å². The lowest BCUT2D eigenvalue weighted by atomic mass is 10.0. The van der Waals surface area contributed by atoms with Crippen LogP contribution < -0.4 is 10.2 Å². The summed E-state index contributed by atoms with van der Waals surface area (Å²) >= 11 is 0. The van der Waals surface area contributed by atoms with E-state index < -0.39 is 0 Å². The number of benzene rings is 1. The van der Waals surface area contributed by atoms with Crippen LogP contribution in [0, 0.1) is 5.82 Å². The van der Waals surface area contributed by atoms with Gasteiger partial charge >= 0.3 is 0 Å². The van der Waals surface area contributed by atoms with Crippen molar-refractivity contribution in [3.05, 3.63) is 29.6 Å². The summed E-state index contributed by atoms with van der Waals surface area (Å²) in [4.78, 5) is 2.11. The van der Waals surface area contributed by atoms with Gasteiger partial charge in [-0.25, -0.2) is 4.39 Å². The molecule has 0 aromatic heterocycles. The summed E-state index contributed by atoms with van der Waals surface area (Å²) in [5, 5.41) is 3.12. The molecule has 3 nitrogen and oxygen atoms in total. The van der Waals surface area contributed by atoms with E-state index >= 15 is 0 Å². The van der Waals surface area contributed by atoms with Crippen LogP contribution in [0.3, 0.4) is 0 Å². The summed E-state index contributed by atoms with van der Waals surface area (Å²) < 4.78 is 19.9. The maximum absolute atomic E-state index is 14.1. The zero-order valence-electron chi connectivity index (χ0n) is 12.7. The normalized spacial score (nSPS) is 20.7. The van der Waals surface area contributed by atoms with Crippen molar-refractivity contribution < 1.29 is 9.13 Å². The van der Waals surface area contributed by atoms with Crippen molar-refractivity contribution >= 4 is 5.69 Å². The largest absolute Gasteiger partial charge is 0.376 e. The molecule has 1 aliphatic rings. The second kappa shape index (κ2) is 7.04. The Kier molecular flexibility index (Phi) is 5.38. The first-order valence-corrected chi connectivity index (χ1v) is 7.42. The maximum Gasteiger partial charge on any atom is 0.130 e. The Morgan fingerprint density at radius 2 is 2.25 bits per heavy atom. The molecule has 0 spiro atoms. The number of hydrogen-bond donors (Lipinski definition) is 1. The Morgan fingerprint density at radius 3 is 2.90 bits per heavy atom. The van der Waals surface area contributed by atoms with Crippen molar-refractivity contribution in [2.45, 2.75) is 38.3 Å². The van der Waals surface area contributed by atoms with E-state index in [1.54, 1.807) is 6.07 Å². The number of hydrogen-bond acceptors (Lipinski definition) is 3. The van der Waals surface area contributed by atoms with Gasteiger partial charge in [-0.1, -0.05) is 6.07 Å². The number of rotatable bonds is 5. The van der Waals surface area contributed by atoms with Crippen molar-refractivity contribution in [1.29, 1.82) is 0 Å². The van der Waals surface area contributed by atoms with Crippen LogP contribution in [0.2, 0.25) is 0 Å². The van der Waals surface area contributed by atoms with Crippen LogP contribution in [0.15, 0.2) is 18.2 Å². The highest BCUT2D eigenvalue weighted by atomic mass is 19.1. The minimum absolute atomic E-state index is 0.0130. The second-order valence-electron chi connectivity index (χ2n) is 5.55. The lowest BCUT2D eigenvalue weighted by Gasteiger charge is -2.31. The smallest absolute Gasteiger partial charge is 0.130 e. The van der Waals surface area contributed by atoms with Gasteiger partial charge in [0, 0.05) is 37.5 Å². The molecule has 2 rings (SSSR count). The molecular weight excluding hydrogens is 255 g/mol. The number of nitrogens with zero attached hydrogens (tertiary/aromatic N) is 1. The molecule has 1 aromatic carbocycles. The van der Waals surface area contributed by atoms with Gasteiger partial charge in [0.2, 0.25) is 0 Å². The predicted molar refractivity (Wildman–Crippen MR) is 80.7 cm³/mol. The van der Waals surface area contributed by atoms with Gasteiger partial charge < -0.3 is 15.0 Å². The Balaban J connectivity index is 2.15. The third-order valence-corrected chi connectivity index (χ3v) is 4.06. The molecule has 4 heteroatoms. The highest BCUT2D eigenvalue weighted by Crippen LogP contribution is 2.29. The van der Waals surface area contributed by atoms with Crippen molar-refractivity contribution in [3.63, 3.8) is 0 Å². The first-order chi connectivity index (χ1) is 9.63. The summed E-state index contributed by atoms with van der Waals surface area (Å²) in [7, 11) is 3.86. The van der Waals surface area contributed by atoms with Gasteiger partial charge in [0.1, 0.15) is 5.82 Å². The monoisotopic (exact) mass is 280 g/mol. The molecule has 0 aliphatic carbocycles. The molecule has 2 atom stereocenters. The molecule has 2 unspecified atom stereocenters. The summed E-state index contributed by atoms with van der Waals surface area (Å²) in [5.74, 6) is -0.152. The average Bonchev–Trinajstić information content (AvgIpc) is 2.47. The highest BCUT2D eigenvalue weighted by Gasteiger charge is 2.20. The number of ether oxygens (including phenoxy) is 1. The van der Waals surface area contributed by atoms with Crippen LogP contribution in [-0.2, 0) is 4.74 Å². The number of likely N-dealkylation sites (N-methyl/N-ethyl adjacent to an activating group) is 1. The number of halogens is 1. The van der Waals surface area contributed by atoms with E-state index in [0.29, 0.717) is 0 Å². The van der Waals surface area contributed by atoms with Gasteiger partial charge in [0.15, 0.2) is 0 Å². The van der Waals surface area contributed by atoms with E-state index in [-0.39, 0.29) is 18.0 Å². The van der Waals surface area contributed by atoms with E-state index in [4.69, 9.17) is 4.74 Å². The van der Waals surface area contributed by atoms with E-state index in [9.17, 15) is 4.39 Å². The van der Waals surface area contributed by atoms with Crippen molar-refractivity contribution in [2.24, 2.45) is 0 Å². The van der Waals surface area contributed by atoms with E-state index in [1.165, 1.54) is 12.5 Å². The van der Waals surface area contributed by atoms with Crippen LogP contribution in [0.25, 0.3) is 0 Å². The molecule has 0 radical (unpaired) electrons. The molecule has 1 saturated heterocycles. The second-order valence-corrected chi connectivity index (χ2v) is 5.55. The Hall–Kier alpha value is -1.13. The van der Waals surface area contributed by atoms with Crippen LogP contribution in [0.5, 0.6) is 0 Å². The van der Waals surface area contributed by atoms with E-state index in [0.717, 1.165) is 37.2 Å². The molecule has 1 N–H and O–H groups in total. The van der Waals surface area contributed by atoms with E-state index in [1.807, 2.05) is 27.1 Å². The van der Waals surface area contributed by atoms with Crippen LogP contribution in [-0.4, -0.2) is 33.4 Å². The molecule has 1 aliphatic heterocycles. The molecule has 112 valence electrons. The van der Waals surface area contributed by atoms with Crippen LogP contribution in [0.4, 0.5) is 10.1 Å². The van der Waals surface area contributed by atoms with Crippen molar-refractivity contribution in [2.75, 3.05) is 32.1 Å². The zero-order chi connectivity index (χ0) is 14.5. The fourth-order valence-electron chi connectivity index (χ4n) is 2.79. The third kappa shape index (κ3) is 3.49. The maximum atomic E-state index is 14.1. The first kappa shape index (κ1) is 15.3. The molecule has 1 aromatic rings. The SMILES string of the molecule is CNC(C)c1c(F)cccc1N(C)CC1CCCCO1. The summed E-state index contributed by atoms with van der Waals surface area (Å²) in [6.07, 6.45) is 3.73. The molecule has 0 bridgehead atoms. The minimum Gasteiger partial charge on any atom is -0.376 e. The fraction of sp³-hybridized carbons (Fsp3) is 0.625. The fourth-order valence-corrected chi connectivity index (χ4v) is 2.79. The van der Waals surface area contributed by atoms with Crippen LogP contribution >= 0.6 is 0 Å². The number of nitrogens with one attached hydrogen (secondary N) is 1.